The largest absolute Gasteiger partial charge is 0.381 e. The number of pyridine rings is 1. The Hall–Kier alpha value is -2.00. The van der Waals surface area contributed by atoms with Crippen molar-refractivity contribution in [3.05, 3.63) is 18.6 Å². The van der Waals surface area contributed by atoms with Crippen LogP contribution in [0.1, 0.15) is 38.1 Å². The second kappa shape index (κ2) is 6.62. The van der Waals surface area contributed by atoms with E-state index in [-0.39, 0.29) is 10.1 Å². The summed E-state index contributed by atoms with van der Waals surface area (Å²) in [5, 5.41) is 4.49. The molecule has 0 spiro atoms. The van der Waals surface area contributed by atoms with Gasteiger partial charge >= 0.3 is 0 Å². The van der Waals surface area contributed by atoms with Crippen LogP contribution in [0.5, 0.6) is 0 Å². The van der Waals surface area contributed by atoms with Crippen molar-refractivity contribution >= 4 is 26.6 Å². The molecule has 9 heteroatoms. The Morgan fingerprint density at radius 2 is 1.96 bits per heavy atom. The van der Waals surface area contributed by atoms with Crippen LogP contribution in [-0.2, 0) is 19.4 Å². The highest BCUT2D eigenvalue weighted by molar-refractivity contribution is 7.92. The zero-order chi connectivity index (χ0) is 18.3. The predicted molar refractivity (Wildman–Crippen MR) is 94.1 cm³/mol. The summed E-state index contributed by atoms with van der Waals surface area (Å²) >= 11 is 0. The Bertz CT molecular complexity index is 929. The van der Waals surface area contributed by atoms with E-state index in [4.69, 9.17) is 10.5 Å². The van der Waals surface area contributed by atoms with Crippen molar-refractivity contribution in [3.63, 3.8) is 0 Å². The lowest BCUT2D eigenvalue weighted by Gasteiger charge is -2.25. The number of nitrogens with zero attached hydrogens (tertiary/aromatic N) is 3. The highest BCUT2D eigenvalue weighted by Crippen LogP contribution is 2.36. The monoisotopic (exact) mass is 378 g/mol. The zero-order valence-corrected chi connectivity index (χ0v) is 15.2. The fraction of sp³-hybridized carbons (Fsp3) is 0.588. The molecule has 8 nitrogen and oxygen atoms in total. The standard InChI is InChI=1S/C17H22N4O4S/c18-17(22)14(7-11-3-5-25-6-4-11)21-15-9-19-10-16(13(15)8-20-21)26(23,24)12-1-2-12/h8-12,14H,1-7H2,(H2,18,22)/t14-/m1/s1. The fourth-order valence-corrected chi connectivity index (χ4v) is 5.39. The molecule has 1 aliphatic carbocycles. The number of carbonyl (C=O) groups excluding carboxylic acids is 1. The lowest BCUT2D eigenvalue weighted by molar-refractivity contribution is -0.122. The average Bonchev–Trinajstić information content (AvgIpc) is 3.41. The lowest BCUT2D eigenvalue weighted by atomic mass is 9.92. The van der Waals surface area contributed by atoms with Crippen molar-refractivity contribution in [2.24, 2.45) is 11.7 Å². The van der Waals surface area contributed by atoms with Crippen LogP contribution >= 0.6 is 0 Å². The van der Waals surface area contributed by atoms with E-state index in [9.17, 15) is 13.2 Å². The number of amides is 1. The molecular weight excluding hydrogens is 356 g/mol. The molecule has 2 fully saturated rings. The molecule has 2 N–H and O–H groups in total. The molecule has 0 aromatic carbocycles. The Labute approximate surface area is 151 Å². The van der Waals surface area contributed by atoms with E-state index in [2.05, 4.69) is 10.1 Å². The Kier molecular flexibility index (Phi) is 4.44. The van der Waals surface area contributed by atoms with Gasteiger partial charge in [0.2, 0.25) is 5.91 Å². The third-order valence-electron chi connectivity index (χ3n) is 5.28. The summed E-state index contributed by atoms with van der Waals surface area (Å²) < 4.78 is 32.2. The van der Waals surface area contributed by atoms with E-state index in [1.807, 2.05) is 0 Å². The molecule has 140 valence electrons. The molecule has 0 unspecified atom stereocenters. The first kappa shape index (κ1) is 17.4. The van der Waals surface area contributed by atoms with Gasteiger partial charge in [0.25, 0.3) is 0 Å². The van der Waals surface area contributed by atoms with Gasteiger partial charge in [-0.2, -0.15) is 5.10 Å². The van der Waals surface area contributed by atoms with Crippen molar-refractivity contribution in [1.82, 2.24) is 14.8 Å². The number of hydrogen-bond donors (Lipinski definition) is 1. The molecule has 0 bridgehead atoms. The Morgan fingerprint density at radius 3 is 2.62 bits per heavy atom. The summed E-state index contributed by atoms with van der Waals surface area (Å²) in [4.78, 5) is 16.4. The van der Waals surface area contributed by atoms with Gasteiger partial charge < -0.3 is 10.5 Å². The maximum atomic E-state index is 12.7. The topological polar surface area (TPSA) is 117 Å². The van der Waals surface area contributed by atoms with E-state index < -0.39 is 21.8 Å². The first-order valence-electron chi connectivity index (χ1n) is 8.90. The molecule has 2 aromatic heterocycles. The van der Waals surface area contributed by atoms with Crippen molar-refractivity contribution in [2.45, 2.75) is 48.3 Å². The van der Waals surface area contributed by atoms with Crippen LogP contribution in [0.3, 0.4) is 0 Å². The minimum Gasteiger partial charge on any atom is -0.381 e. The molecule has 1 amide bonds. The van der Waals surface area contributed by atoms with Crippen LogP contribution in [0.4, 0.5) is 0 Å². The summed E-state index contributed by atoms with van der Waals surface area (Å²) in [5.74, 6) is -0.149. The summed E-state index contributed by atoms with van der Waals surface area (Å²) in [6.07, 6.45) is 8.11. The SMILES string of the molecule is NC(=O)[C@@H](CC1CCOCC1)n1ncc2c(S(=O)(=O)C3CC3)cncc21. The molecule has 0 radical (unpaired) electrons. The molecule has 1 saturated carbocycles. The van der Waals surface area contributed by atoms with Crippen LogP contribution in [0.25, 0.3) is 10.9 Å². The second-order valence-corrected chi connectivity index (χ2v) is 9.31. The first-order chi connectivity index (χ1) is 12.5. The van der Waals surface area contributed by atoms with Gasteiger partial charge in [0.1, 0.15) is 6.04 Å². The second-order valence-electron chi connectivity index (χ2n) is 7.11. The van der Waals surface area contributed by atoms with E-state index in [1.165, 1.54) is 17.1 Å². The highest BCUT2D eigenvalue weighted by Gasteiger charge is 2.38. The summed E-state index contributed by atoms with van der Waals surface area (Å²) in [6, 6.07) is -0.628. The number of primary amides is 1. The number of nitrogens with two attached hydrogens (primary N) is 1. The van der Waals surface area contributed by atoms with Crippen molar-refractivity contribution in [1.29, 1.82) is 0 Å². The van der Waals surface area contributed by atoms with Gasteiger partial charge in [-0.25, -0.2) is 8.42 Å². The van der Waals surface area contributed by atoms with Crippen molar-refractivity contribution in [3.8, 4) is 0 Å². The quantitative estimate of drug-likeness (QED) is 0.807. The van der Waals surface area contributed by atoms with Gasteiger partial charge in [-0.1, -0.05) is 0 Å². The molecule has 2 aliphatic rings. The molecule has 1 aliphatic heterocycles. The third-order valence-corrected chi connectivity index (χ3v) is 7.57. The number of sulfone groups is 1. The van der Waals surface area contributed by atoms with Gasteiger partial charge in [-0.05, 0) is 38.0 Å². The van der Waals surface area contributed by atoms with Gasteiger partial charge in [0, 0.05) is 24.8 Å². The molecule has 3 heterocycles. The Morgan fingerprint density at radius 1 is 1.23 bits per heavy atom. The van der Waals surface area contributed by atoms with Crippen LogP contribution in [0.15, 0.2) is 23.5 Å². The summed E-state index contributed by atoms with van der Waals surface area (Å²) in [7, 11) is -3.40. The maximum absolute atomic E-state index is 12.7. The fourth-order valence-electron chi connectivity index (χ4n) is 3.60. The molecule has 26 heavy (non-hydrogen) atoms. The third kappa shape index (κ3) is 3.09. The number of ether oxygens (including phenoxy) is 1. The number of fused-ring (bicyclic) bond motifs is 1. The van der Waals surface area contributed by atoms with Crippen LogP contribution in [0, 0.1) is 5.92 Å². The first-order valence-corrected chi connectivity index (χ1v) is 10.5. The van der Waals surface area contributed by atoms with E-state index in [0.717, 1.165) is 12.8 Å². The molecule has 2 aromatic rings. The van der Waals surface area contributed by atoms with Gasteiger partial charge in [-0.3, -0.25) is 14.5 Å². The minimum absolute atomic E-state index is 0.193. The molecular formula is C17H22N4O4S. The van der Waals surface area contributed by atoms with Gasteiger partial charge in [-0.15, -0.1) is 0 Å². The van der Waals surface area contributed by atoms with Crippen molar-refractivity contribution in [2.75, 3.05) is 13.2 Å². The maximum Gasteiger partial charge on any atom is 0.242 e. The van der Waals surface area contributed by atoms with E-state index in [1.54, 1.807) is 6.20 Å². The zero-order valence-electron chi connectivity index (χ0n) is 14.4. The average molecular weight is 378 g/mol. The number of carbonyl (C=O) groups is 1. The smallest absolute Gasteiger partial charge is 0.242 e. The lowest BCUT2D eigenvalue weighted by Crippen LogP contribution is -2.30. The summed E-state index contributed by atoms with van der Waals surface area (Å²) in [5.41, 5.74) is 6.18. The van der Waals surface area contributed by atoms with Gasteiger partial charge in [0.15, 0.2) is 9.84 Å². The van der Waals surface area contributed by atoms with Gasteiger partial charge in [0.05, 0.1) is 28.1 Å². The number of hydrogen-bond acceptors (Lipinski definition) is 6. The predicted octanol–water partition coefficient (Wildman–Crippen LogP) is 1.21. The minimum atomic E-state index is -3.40. The Balaban J connectivity index is 1.72. The summed E-state index contributed by atoms with van der Waals surface area (Å²) in [6.45, 7) is 1.36. The van der Waals surface area contributed by atoms with E-state index in [0.29, 0.717) is 49.3 Å². The number of rotatable bonds is 6. The molecule has 1 saturated heterocycles. The van der Waals surface area contributed by atoms with Crippen LogP contribution < -0.4 is 5.73 Å². The van der Waals surface area contributed by atoms with Crippen LogP contribution in [-0.4, -0.2) is 47.6 Å². The number of aromatic nitrogens is 3. The highest BCUT2D eigenvalue weighted by atomic mass is 32.2. The normalized spacial score (nSPS) is 20.3. The molecule has 4 rings (SSSR count). The van der Waals surface area contributed by atoms with Crippen molar-refractivity contribution < 1.29 is 17.9 Å². The van der Waals surface area contributed by atoms with E-state index >= 15 is 0 Å². The molecule has 1 atom stereocenters. The van der Waals surface area contributed by atoms with Crippen LogP contribution in [0.2, 0.25) is 0 Å².